The molecule has 192 valence electrons. The fourth-order valence-electron chi connectivity index (χ4n) is 3.30. The molecule has 16 heteroatoms. The zero-order chi connectivity index (χ0) is 26.6. The minimum Gasteiger partial charge on any atom is -0.488 e. The molecule has 0 fully saturated rings. The van der Waals surface area contributed by atoms with Crippen LogP contribution in [-0.2, 0) is 23.2 Å². The molecule has 1 aliphatic rings. The van der Waals surface area contributed by atoms with Gasteiger partial charge in [-0.15, -0.1) is 0 Å². The zero-order valence-corrected chi connectivity index (χ0v) is 18.3. The summed E-state index contributed by atoms with van der Waals surface area (Å²) in [6.07, 6.45) is -9.53. The summed E-state index contributed by atoms with van der Waals surface area (Å²) >= 11 is 0. The highest BCUT2D eigenvalue weighted by Gasteiger charge is 2.58. The molecule has 35 heavy (non-hydrogen) atoms. The smallest absolute Gasteiger partial charge is 0.422 e. The first-order valence-electron chi connectivity index (χ1n) is 9.37. The fraction of sp³-hybridized carbons (Fsp3) is 0.316. The lowest BCUT2D eigenvalue weighted by atomic mass is 9.95. The Balaban J connectivity index is 2.00. The number of anilines is 1. The number of ether oxygens (including phenoxy) is 1. The van der Waals surface area contributed by atoms with Gasteiger partial charge >= 0.3 is 12.4 Å². The van der Waals surface area contributed by atoms with E-state index in [0.717, 1.165) is 16.8 Å². The van der Waals surface area contributed by atoms with E-state index in [2.05, 4.69) is 6.58 Å². The number of hydrogen-bond donors (Lipinski definition) is 3. The van der Waals surface area contributed by atoms with E-state index in [1.807, 2.05) is 5.32 Å². The van der Waals surface area contributed by atoms with Crippen LogP contribution in [0.5, 0.6) is 5.75 Å². The van der Waals surface area contributed by atoms with Crippen LogP contribution in [0, 0.1) is 5.82 Å². The second-order valence-electron chi connectivity index (χ2n) is 7.44. The van der Waals surface area contributed by atoms with Gasteiger partial charge in [0.05, 0.1) is 11.6 Å². The number of nitrogens with zero attached hydrogens (tertiary/aromatic N) is 1. The molecule has 2 atom stereocenters. The van der Waals surface area contributed by atoms with Crippen molar-refractivity contribution < 1.29 is 53.8 Å². The maximum absolute atomic E-state index is 13.5. The number of carbonyl (C=O) groups is 1. The van der Waals surface area contributed by atoms with Crippen LogP contribution in [0.1, 0.15) is 16.1 Å². The summed E-state index contributed by atoms with van der Waals surface area (Å²) in [5.41, 5.74) is -6.51. The third-order valence-electron chi connectivity index (χ3n) is 5.12. The van der Waals surface area contributed by atoms with Crippen molar-refractivity contribution in [3.05, 3.63) is 54.1 Å². The van der Waals surface area contributed by atoms with Crippen molar-refractivity contribution in [3.63, 3.8) is 0 Å². The maximum Gasteiger partial charge on any atom is 0.422 e. The molecule has 2 heterocycles. The summed E-state index contributed by atoms with van der Waals surface area (Å²) in [4.78, 5) is 12.0. The number of fused-ring (bicyclic) bond motifs is 1. The summed E-state index contributed by atoms with van der Waals surface area (Å²) < 4.78 is 126. The summed E-state index contributed by atoms with van der Waals surface area (Å²) in [6.45, 7) is 1.79. The highest BCUT2D eigenvalue weighted by molar-refractivity contribution is 7.89. The van der Waals surface area contributed by atoms with Crippen molar-refractivity contribution in [1.82, 2.24) is 9.29 Å². The van der Waals surface area contributed by atoms with Crippen molar-refractivity contribution in [3.8, 4) is 5.75 Å². The van der Waals surface area contributed by atoms with Gasteiger partial charge in [-0.05, 0) is 24.3 Å². The molecule has 8 nitrogen and oxygen atoms in total. The van der Waals surface area contributed by atoms with Gasteiger partial charge in [-0.3, -0.25) is 4.79 Å². The lowest BCUT2D eigenvalue weighted by Gasteiger charge is -2.33. The van der Waals surface area contributed by atoms with E-state index >= 15 is 0 Å². The van der Waals surface area contributed by atoms with Crippen LogP contribution in [0.15, 0.2) is 41.9 Å². The minimum absolute atomic E-state index is 0.0833. The molecule has 0 aliphatic carbocycles. The van der Waals surface area contributed by atoms with Gasteiger partial charge in [0.2, 0.25) is 10.0 Å². The second-order valence-corrected chi connectivity index (χ2v) is 9.12. The van der Waals surface area contributed by atoms with Crippen molar-refractivity contribution in [1.29, 1.82) is 0 Å². The Morgan fingerprint density at radius 3 is 2.46 bits per heavy atom. The van der Waals surface area contributed by atoms with Gasteiger partial charge in [-0.25, -0.2) is 17.5 Å². The Bertz CT molecular complexity index is 1290. The first kappa shape index (κ1) is 26.5. The number of aliphatic hydroxyl groups is 1. The first-order valence-corrected chi connectivity index (χ1v) is 10.9. The number of hydrogen-bond acceptors (Lipinski definition) is 5. The number of rotatable bonds is 4. The van der Waals surface area contributed by atoms with E-state index in [1.54, 1.807) is 4.72 Å². The molecule has 1 unspecified atom stereocenters. The highest BCUT2D eigenvalue weighted by atomic mass is 32.2. The van der Waals surface area contributed by atoms with Crippen molar-refractivity contribution in [2.75, 3.05) is 11.9 Å². The lowest BCUT2D eigenvalue weighted by Crippen LogP contribution is -2.61. The van der Waals surface area contributed by atoms with Crippen LogP contribution in [-0.4, -0.2) is 48.4 Å². The number of benzene rings is 1. The first-order chi connectivity index (χ1) is 15.9. The minimum atomic E-state index is -5.36. The molecular weight excluding hydrogens is 515 g/mol. The Kier molecular flexibility index (Phi) is 6.45. The Hall–Kier alpha value is -3.11. The van der Waals surface area contributed by atoms with Crippen LogP contribution in [0.3, 0.4) is 0 Å². The van der Waals surface area contributed by atoms with Gasteiger partial charge < -0.3 is 19.7 Å². The molecule has 0 saturated heterocycles. The van der Waals surface area contributed by atoms with Gasteiger partial charge in [-0.2, -0.15) is 26.3 Å². The second kappa shape index (κ2) is 8.53. The zero-order valence-electron chi connectivity index (χ0n) is 17.5. The molecule has 0 saturated carbocycles. The molecule has 1 amide bonds. The van der Waals surface area contributed by atoms with E-state index in [9.17, 15) is 49.1 Å². The Morgan fingerprint density at radius 1 is 1.29 bits per heavy atom. The van der Waals surface area contributed by atoms with Crippen LogP contribution in [0.2, 0.25) is 0 Å². The predicted octanol–water partition coefficient (Wildman–Crippen LogP) is 2.95. The molecule has 1 aromatic carbocycles. The normalized spacial score (nSPS) is 19.6. The van der Waals surface area contributed by atoms with E-state index in [1.165, 1.54) is 7.05 Å². The van der Waals surface area contributed by atoms with E-state index in [-0.39, 0.29) is 6.08 Å². The molecule has 0 radical (unpaired) electrons. The molecule has 0 spiro atoms. The largest absolute Gasteiger partial charge is 0.488 e. The number of halogens is 7. The molecule has 0 bridgehead atoms. The summed E-state index contributed by atoms with van der Waals surface area (Å²) in [6, 6.07) is -0.734. The van der Waals surface area contributed by atoms with Crippen molar-refractivity contribution in [2.45, 2.75) is 28.9 Å². The average Bonchev–Trinajstić information content (AvgIpc) is 3.00. The maximum atomic E-state index is 13.5. The number of sulfonamides is 1. The summed E-state index contributed by atoms with van der Waals surface area (Å²) in [5.74, 6) is -3.53. The molecular formula is C19H16F7N3O5S. The third kappa shape index (κ3) is 4.72. The molecule has 3 rings (SSSR count). The molecule has 1 aliphatic heterocycles. The van der Waals surface area contributed by atoms with E-state index < -0.39 is 79.9 Å². The third-order valence-corrected chi connectivity index (χ3v) is 6.59. The number of aryl methyl sites for hydroxylation is 1. The highest BCUT2D eigenvalue weighted by Crippen LogP contribution is 2.39. The average molecular weight is 531 g/mol. The van der Waals surface area contributed by atoms with Crippen molar-refractivity contribution >= 4 is 21.6 Å². The number of nitrogens with one attached hydrogen (secondary N) is 2. The number of carbonyl (C=O) groups excluding carboxylic acids is 1. The standard InChI is InChI=1S/C19H16F7N3O5S/c1-3-17(31,19(24,25)26)13-8-34-15-12(35(32,33)28-13)7-29(2)14(15)16(30)27-9-4-5-11(20)10(6-9)18(21,22)23/h3-7,13,28,31H,1,8H2,2H3,(H,27,30)/t13-,17?/m1/s1. The van der Waals surface area contributed by atoms with Crippen LogP contribution in [0.25, 0.3) is 0 Å². The molecule has 2 aromatic rings. The topological polar surface area (TPSA) is 110 Å². The van der Waals surface area contributed by atoms with Gasteiger partial charge in [0.25, 0.3) is 5.91 Å². The number of aromatic nitrogens is 1. The van der Waals surface area contributed by atoms with Crippen LogP contribution >= 0.6 is 0 Å². The molecule has 3 N–H and O–H groups in total. The van der Waals surface area contributed by atoms with Crippen LogP contribution in [0.4, 0.5) is 36.4 Å². The SMILES string of the molecule is C=CC(O)([C@H]1COc2c(cn(C)c2C(=O)Nc2ccc(F)c(C(F)(F)F)c2)S(=O)(=O)N1)C(F)(F)F. The monoisotopic (exact) mass is 531 g/mol. The predicted molar refractivity (Wildman–Crippen MR) is 106 cm³/mol. The quantitative estimate of drug-likeness (QED) is 0.415. The Labute approximate surface area is 193 Å². The van der Waals surface area contributed by atoms with Gasteiger partial charge in [-0.1, -0.05) is 6.58 Å². The van der Waals surface area contributed by atoms with E-state index in [0.29, 0.717) is 12.1 Å². The van der Waals surface area contributed by atoms with Gasteiger partial charge in [0.1, 0.15) is 17.3 Å². The summed E-state index contributed by atoms with van der Waals surface area (Å²) in [7, 11) is -3.63. The Morgan fingerprint density at radius 2 is 1.91 bits per heavy atom. The number of alkyl halides is 6. The lowest BCUT2D eigenvalue weighted by molar-refractivity contribution is -0.249. The van der Waals surface area contributed by atoms with Gasteiger partial charge in [0, 0.05) is 18.9 Å². The number of amides is 1. The van der Waals surface area contributed by atoms with Gasteiger partial charge in [0.15, 0.2) is 17.0 Å². The van der Waals surface area contributed by atoms with Crippen molar-refractivity contribution in [2.24, 2.45) is 7.05 Å². The van der Waals surface area contributed by atoms with Crippen LogP contribution < -0.4 is 14.8 Å². The molecule has 1 aromatic heterocycles. The summed E-state index contributed by atoms with van der Waals surface area (Å²) in [5, 5.41) is 12.1. The fourth-order valence-corrected chi connectivity index (χ4v) is 4.75. The van der Waals surface area contributed by atoms with E-state index in [4.69, 9.17) is 4.74 Å².